The average molecular weight is 1200 g/mol. The van der Waals surface area contributed by atoms with Crippen LogP contribution in [0.25, 0.3) is 33.9 Å². The van der Waals surface area contributed by atoms with Gasteiger partial charge in [0.05, 0.1) is 22.8 Å². The van der Waals surface area contributed by atoms with Crippen molar-refractivity contribution in [2.45, 2.75) is 39.8 Å². The van der Waals surface area contributed by atoms with E-state index < -0.39 is 0 Å². The van der Waals surface area contributed by atoms with E-state index in [1.807, 2.05) is 149 Å². The Labute approximate surface area is 405 Å². The SMILES string of the molecule is C1=C(c2ccccc2)N=NC1c1ccccc1.C1=C(c2ccccc2)N=NC1c1ccccc1.Cc1cnc(-c2[c-]cccc2)c(C)n1.Cc1cnc(-c2[c-]cccc2)c(C)n1.[Pt].[Pt]. The Morgan fingerprint density at radius 1 is 0.406 bits per heavy atom. The molecule has 2 atom stereocenters. The Kier molecular flexibility index (Phi) is 19.0. The van der Waals surface area contributed by atoms with Gasteiger partial charge in [0.15, 0.2) is 0 Å². The first-order valence-electron chi connectivity index (χ1n) is 20.4. The van der Waals surface area contributed by atoms with Crippen molar-refractivity contribution in [2.24, 2.45) is 20.5 Å². The zero-order chi connectivity index (χ0) is 42.9. The summed E-state index contributed by atoms with van der Waals surface area (Å²) >= 11 is 0. The summed E-state index contributed by atoms with van der Waals surface area (Å²) in [6, 6.07) is 62.7. The molecule has 0 radical (unpaired) electrons. The van der Waals surface area contributed by atoms with Crippen LogP contribution in [0.1, 0.15) is 57.1 Å². The standard InChI is InChI=1S/2C15H12N2.2C12H11N2.2Pt/c2*1-3-7-12(8-4-1)14-11-15(17-16-14)13-9-5-2-6-10-13;2*1-9-8-13-12(10(2)14-9)11-6-4-3-5-7-11;;/h2*1-11,14H;2*3-6,8H,1-2H3;;/q;;2*-1;;. The van der Waals surface area contributed by atoms with Crippen LogP contribution < -0.4 is 0 Å². The van der Waals surface area contributed by atoms with E-state index in [2.05, 4.69) is 113 Å². The number of hydrogen-bond donors (Lipinski definition) is 0. The third-order valence-corrected chi connectivity index (χ3v) is 9.70. The van der Waals surface area contributed by atoms with E-state index in [4.69, 9.17) is 0 Å². The molecule has 0 aliphatic carbocycles. The van der Waals surface area contributed by atoms with Gasteiger partial charge in [0.2, 0.25) is 0 Å². The van der Waals surface area contributed by atoms with Gasteiger partial charge in [0.25, 0.3) is 0 Å². The molecule has 64 heavy (non-hydrogen) atoms. The zero-order valence-corrected chi connectivity index (χ0v) is 40.4. The molecule has 10 rings (SSSR count). The summed E-state index contributed by atoms with van der Waals surface area (Å²) in [4.78, 5) is 17.4. The van der Waals surface area contributed by atoms with E-state index in [0.29, 0.717) is 0 Å². The summed E-state index contributed by atoms with van der Waals surface area (Å²) in [5.41, 5.74) is 14.1. The second kappa shape index (κ2) is 25.0. The molecule has 2 aliphatic heterocycles. The maximum absolute atomic E-state index is 4.37. The van der Waals surface area contributed by atoms with E-state index >= 15 is 0 Å². The first-order valence-corrected chi connectivity index (χ1v) is 20.4. The molecule has 0 spiro atoms. The molecule has 6 aromatic carbocycles. The van der Waals surface area contributed by atoms with Gasteiger partial charge in [-0.05, 0) is 51.0 Å². The normalized spacial score (nSPS) is 14.1. The van der Waals surface area contributed by atoms with Crippen LogP contribution in [-0.4, -0.2) is 19.9 Å². The summed E-state index contributed by atoms with van der Waals surface area (Å²) < 4.78 is 0. The largest absolute Gasteiger partial charge is 0.301 e. The quantitative estimate of drug-likeness (QED) is 0.155. The van der Waals surface area contributed by atoms with Gasteiger partial charge in [-0.2, -0.15) is 20.5 Å². The summed E-state index contributed by atoms with van der Waals surface area (Å²) in [5, 5.41) is 17.1. The first kappa shape index (κ1) is 48.6. The van der Waals surface area contributed by atoms with Crippen LogP contribution in [0.15, 0.2) is 215 Å². The van der Waals surface area contributed by atoms with Gasteiger partial charge in [-0.1, -0.05) is 121 Å². The number of aromatic nitrogens is 4. The second-order valence-electron chi connectivity index (χ2n) is 14.4. The molecule has 0 saturated heterocycles. The maximum atomic E-state index is 4.37. The van der Waals surface area contributed by atoms with E-state index in [0.717, 1.165) is 67.8 Å². The molecule has 0 amide bonds. The van der Waals surface area contributed by atoms with Crippen molar-refractivity contribution in [3.63, 3.8) is 0 Å². The summed E-state index contributed by atoms with van der Waals surface area (Å²) in [5.74, 6) is 0. The summed E-state index contributed by atoms with van der Waals surface area (Å²) in [7, 11) is 0. The summed E-state index contributed by atoms with van der Waals surface area (Å²) in [6.45, 7) is 7.82. The second-order valence-corrected chi connectivity index (χ2v) is 14.4. The average Bonchev–Trinajstić information content (AvgIpc) is 4.04. The Balaban J connectivity index is 0.000000160. The molecule has 0 bridgehead atoms. The number of nitrogens with zero attached hydrogens (tertiary/aromatic N) is 8. The molecular weight excluding hydrogens is 1150 g/mol. The van der Waals surface area contributed by atoms with Crippen molar-refractivity contribution >= 4 is 11.4 Å². The fourth-order valence-corrected chi connectivity index (χ4v) is 6.64. The van der Waals surface area contributed by atoms with E-state index in [1.165, 1.54) is 11.1 Å². The molecule has 8 nitrogen and oxygen atoms in total. The fourth-order valence-electron chi connectivity index (χ4n) is 6.64. The molecule has 8 aromatic rings. The molecule has 0 N–H and O–H groups in total. The van der Waals surface area contributed by atoms with Gasteiger partial charge in [-0.25, -0.2) is 0 Å². The Hall–Kier alpha value is -6.46. The van der Waals surface area contributed by atoms with E-state index in [1.54, 1.807) is 12.4 Å². The minimum atomic E-state index is 0. The van der Waals surface area contributed by atoms with Crippen molar-refractivity contribution < 1.29 is 42.1 Å². The van der Waals surface area contributed by atoms with Crippen molar-refractivity contribution in [3.8, 4) is 22.5 Å². The van der Waals surface area contributed by atoms with Gasteiger partial charge in [0.1, 0.15) is 12.1 Å². The minimum absolute atomic E-state index is 0. The number of benzene rings is 6. The van der Waals surface area contributed by atoms with Gasteiger partial charge >= 0.3 is 0 Å². The predicted molar refractivity (Wildman–Crippen MR) is 248 cm³/mol. The molecular formula is C54H46N8Pt2-2. The molecule has 324 valence electrons. The van der Waals surface area contributed by atoms with Gasteiger partial charge < -0.3 is 9.97 Å². The molecule has 2 aromatic heterocycles. The molecule has 10 heteroatoms. The maximum Gasteiger partial charge on any atom is 0.117 e. The third-order valence-electron chi connectivity index (χ3n) is 9.70. The number of aryl methyl sites for hydroxylation is 4. The van der Waals surface area contributed by atoms with Crippen LogP contribution in [0.2, 0.25) is 0 Å². The number of hydrogen-bond acceptors (Lipinski definition) is 8. The molecule has 2 unspecified atom stereocenters. The van der Waals surface area contributed by atoms with Gasteiger partial charge in [0, 0.05) is 88.4 Å². The predicted octanol–water partition coefficient (Wildman–Crippen LogP) is 13.6. The van der Waals surface area contributed by atoms with Crippen LogP contribution in [0.3, 0.4) is 0 Å². The molecule has 0 saturated carbocycles. The minimum Gasteiger partial charge on any atom is -0.301 e. The molecule has 0 fully saturated rings. The Morgan fingerprint density at radius 3 is 1.08 bits per heavy atom. The topological polar surface area (TPSA) is 101 Å². The van der Waals surface area contributed by atoms with Crippen molar-refractivity contribution in [2.75, 3.05) is 0 Å². The van der Waals surface area contributed by atoms with Crippen LogP contribution in [0.5, 0.6) is 0 Å². The Morgan fingerprint density at radius 2 is 0.750 bits per heavy atom. The summed E-state index contributed by atoms with van der Waals surface area (Å²) in [6.07, 6.45) is 7.77. The molecule has 4 heterocycles. The monoisotopic (exact) mass is 1200 g/mol. The van der Waals surface area contributed by atoms with Crippen LogP contribution in [0.4, 0.5) is 0 Å². The zero-order valence-electron chi connectivity index (χ0n) is 35.8. The Bertz CT molecular complexity index is 2570. The van der Waals surface area contributed by atoms with Gasteiger partial charge in [-0.3, -0.25) is 9.97 Å². The van der Waals surface area contributed by atoms with Crippen molar-refractivity contribution in [3.05, 3.63) is 252 Å². The molecule has 2 aliphatic rings. The van der Waals surface area contributed by atoms with E-state index in [-0.39, 0.29) is 54.2 Å². The first-order chi connectivity index (χ1) is 30.4. The van der Waals surface area contributed by atoms with Crippen LogP contribution in [-0.2, 0) is 42.1 Å². The van der Waals surface area contributed by atoms with Crippen molar-refractivity contribution in [1.29, 1.82) is 0 Å². The van der Waals surface area contributed by atoms with Crippen molar-refractivity contribution in [1.82, 2.24) is 19.9 Å². The van der Waals surface area contributed by atoms with Gasteiger partial charge in [-0.15, -0.1) is 71.8 Å². The van der Waals surface area contributed by atoms with Crippen LogP contribution >= 0.6 is 0 Å². The smallest absolute Gasteiger partial charge is 0.117 e. The third kappa shape index (κ3) is 13.8. The number of rotatable bonds is 6. The number of azo groups is 2. The van der Waals surface area contributed by atoms with E-state index in [9.17, 15) is 0 Å². The van der Waals surface area contributed by atoms with Crippen LogP contribution in [0, 0.1) is 39.8 Å². The fraction of sp³-hybridized carbons (Fsp3) is 0.111.